The molecule has 1 heterocycles. The summed E-state index contributed by atoms with van der Waals surface area (Å²) in [6.45, 7) is 0. The molecule has 0 aliphatic heterocycles. The molecular formula is C7H6BrClOS. The molecule has 0 radical (unpaired) electrons. The van der Waals surface area contributed by atoms with Crippen molar-refractivity contribution in [2.75, 3.05) is 5.88 Å². The fraction of sp³-hybridized carbons (Fsp3) is 0.286. The lowest BCUT2D eigenvalue weighted by Gasteiger charge is -2.00. The van der Waals surface area contributed by atoms with Crippen molar-refractivity contribution >= 4 is 44.7 Å². The normalized spacial score (nSPS) is 12.9. The number of rotatable bonds is 3. The van der Waals surface area contributed by atoms with Gasteiger partial charge in [-0.15, -0.1) is 22.9 Å². The molecule has 0 saturated heterocycles. The first-order valence-electron chi connectivity index (χ1n) is 3.03. The molecule has 60 valence electrons. The van der Waals surface area contributed by atoms with E-state index >= 15 is 0 Å². The van der Waals surface area contributed by atoms with Crippen molar-refractivity contribution < 1.29 is 4.79 Å². The molecule has 4 heteroatoms. The largest absolute Gasteiger partial charge is 0.292 e. The second kappa shape index (κ2) is 4.24. The first-order chi connectivity index (χ1) is 5.25. The molecule has 1 rings (SSSR count). The second-order valence-corrected chi connectivity index (χ2v) is 4.33. The summed E-state index contributed by atoms with van der Waals surface area (Å²) in [5, 5.41) is 1.88. The number of ketones is 1. The van der Waals surface area contributed by atoms with Crippen LogP contribution in [-0.2, 0) is 0 Å². The van der Waals surface area contributed by atoms with Crippen LogP contribution >= 0.6 is 38.9 Å². The van der Waals surface area contributed by atoms with Crippen LogP contribution in [0.5, 0.6) is 0 Å². The molecular weight excluding hydrogens is 247 g/mol. The van der Waals surface area contributed by atoms with E-state index in [-0.39, 0.29) is 10.6 Å². The van der Waals surface area contributed by atoms with Gasteiger partial charge >= 0.3 is 0 Å². The Bertz CT molecular complexity index is 235. The van der Waals surface area contributed by atoms with Crippen molar-refractivity contribution in [3.8, 4) is 0 Å². The van der Waals surface area contributed by atoms with Gasteiger partial charge in [-0.25, -0.2) is 0 Å². The van der Waals surface area contributed by atoms with Crippen molar-refractivity contribution in [3.63, 3.8) is 0 Å². The average molecular weight is 254 g/mol. The molecule has 0 fully saturated rings. The van der Waals surface area contributed by atoms with Gasteiger partial charge in [-0.3, -0.25) is 4.79 Å². The number of Topliss-reactive ketones (excluding diaryl/α,β-unsaturated/α-hetero) is 1. The molecule has 11 heavy (non-hydrogen) atoms. The Kier molecular flexibility index (Phi) is 3.55. The molecule has 0 amide bonds. The molecule has 0 spiro atoms. The van der Waals surface area contributed by atoms with E-state index < -0.39 is 0 Å². The molecule has 0 N–H and O–H groups in total. The minimum atomic E-state index is -0.247. The smallest absolute Gasteiger partial charge is 0.187 e. The van der Waals surface area contributed by atoms with Gasteiger partial charge in [-0.1, -0.05) is 22.0 Å². The number of thiophene rings is 1. The molecule has 1 aromatic heterocycles. The van der Waals surface area contributed by atoms with Crippen LogP contribution in [0.3, 0.4) is 0 Å². The Balaban J connectivity index is 2.70. The van der Waals surface area contributed by atoms with E-state index in [1.165, 1.54) is 11.3 Å². The third-order valence-electron chi connectivity index (χ3n) is 1.18. The third kappa shape index (κ3) is 2.29. The van der Waals surface area contributed by atoms with Crippen molar-refractivity contribution in [1.29, 1.82) is 0 Å². The van der Waals surface area contributed by atoms with Gasteiger partial charge in [-0.2, -0.15) is 0 Å². The minimum Gasteiger partial charge on any atom is -0.292 e. The molecule has 1 nitrogen and oxygen atoms in total. The molecule has 0 saturated carbocycles. The van der Waals surface area contributed by atoms with Crippen molar-refractivity contribution in [2.45, 2.75) is 4.83 Å². The van der Waals surface area contributed by atoms with Crippen molar-refractivity contribution in [2.24, 2.45) is 0 Å². The Morgan fingerprint density at radius 1 is 1.82 bits per heavy atom. The summed E-state index contributed by atoms with van der Waals surface area (Å²) in [4.78, 5) is 11.8. The summed E-state index contributed by atoms with van der Waals surface area (Å²) in [6.07, 6.45) is 0. The summed E-state index contributed by atoms with van der Waals surface area (Å²) < 4.78 is 0. The third-order valence-corrected chi connectivity index (χ3v) is 3.49. The van der Waals surface area contributed by atoms with E-state index in [0.717, 1.165) is 4.88 Å². The maximum atomic E-state index is 11.3. The summed E-state index contributed by atoms with van der Waals surface area (Å²) in [7, 11) is 0. The highest BCUT2D eigenvalue weighted by Gasteiger charge is 2.15. The standard InChI is InChI=1S/C7H6BrClOS/c8-5(4-9)7(10)6-2-1-3-11-6/h1-3,5H,4H2. The molecule has 1 atom stereocenters. The topological polar surface area (TPSA) is 17.1 Å². The molecule has 0 bridgehead atoms. The lowest BCUT2D eigenvalue weighted by atomic mass is 10.2. The van der Waals surface area contributed by atoms with Gasteiger partial charge in [0.25, 0.3) is 0 Å². The van der Waals surface area contributed by atoms with E-state index in [1.807, 2.05) is 11.4 Å². The number of hydrogen-bond acceptors (Lipinski definition) is 2. The summed E-state index contributed by atoms with van der Waals surface area (Å²) in [5.74, 6) is 0.381. The van der Waals surface area contributed by atoms with Crippen LogP contribution in [0.25, 0.3) is 0 Å². The fourth-order valence-electron chi connectivity index (χ4n) is 0.643. The quantitative estimate of drug-likeness (QED) is 0.598. The van der Waals surface area contributed by atoms with Gasteiger partial charge < -0.3 is 0 Å². The Morgan fingerprint density at radius 2 is 2.55 bits per heavy atom. The van der Waals surface area contributed by atoms with Crippen molar-refractivity contribution in [3.05, 3.63) is 22.4 Å². The Labute approximate surface area is 82.5 Å². The van der Waals surface area contributed by atoms with Gasteiger partial charge in [0, 0.05) is 5.88 Å². The van der Waals surface area contributed by atoms with Crippen LogP contribution in [0.2, 0.25) is 0 Å². The number of halogens is 2. The first-order valence-corrected chi connectivity index (χ1v) is 5.36. The van der Waals surface area contributed by atoms with Gasteiger partial charge in [0.1, 0.15) is 0 Å². The van der Waals surface area contributed by atoms with E-state index in [2.05, 4.69) is 15.9 Å². The Hall–Kier alpha value is 0.140. The molecule has 1 unspecified atom stereocenters. The van der Waals surface area contributed by atoms with Gasteiger partial charge in [0.15, 0.2) is 5.78 Å². The molecule has 0 aromatic carbocycles. The highest BCUT2D eigenvalue weighted by atomic mass is 79.9. The first kappa shape index (κ1) is 9.23. The van der Waals surface area contributed by atoms with E-state index in [1.54, 1.807) is 6.07 Å². The van der Waals surface area contributed by atoms with Gasteiger partial charge in [-0.05, 0) is 11.4 Å². The van der Waals surface area contributed by atoms with E-state index in [4.69, 9.17) is 11.6 Å². The zero-order valence-corrected chi connectivity index (χ0v) is 8.75. The van der Waals surface area contributed by atoms with Crippen LogP contribution in [-0.4, -0.2) is 16.5 Å². The van der Waals surface area contributed by atoms with Gasteiger partial charge in [0.05, 0.1) is 9.70 Å². The van der Waals surface area contributed by atoms with Crippen LogP contribution in [0, 0.1) is 0 Å². The number of carbonyl (C=O) groups excluding carboxylic acids is 1. The molecule has 0 aliphatic carbocycles. The maximum Gasteiger partial charge on any atom is 0.187 e. The predicted octanol–water partition coefficient (Wildman–Crippen LogP) is 2.93. The number of hydrogen-bond donors (Lipinski definition) is 0. The summed E-state index contributed by atoms with van der Waals surface area (Å²) in [5.41, 5.74) is 0. The van der Waals surface area contributed by atoms with Gasteiger partial charge in [0.2, 0.25) is 0 Å². The minimum absolute atomic E-state index is 0.0648. The zero-order chi connectivity index (χ0) is 8.27. The zero-order valence-electron chi connectivity index (χ0n) is 5.59. The summed E-state index contributed by atoms with van der Waals surface area (Å²) in [6, 6.07) is 3.65. The average Bonchev–Trinajstić information content (AvgIpc) is 2.53. The second-order valence-electron chi connectivity index (χ2n) is 1.96. The predicted molar refractivity (Wildman–Crippen MR) is 52.1 cm³/mol. The SMILES string of the molecule is O=C(c1cccs1)C(Br)CCl. The molecule has 1 aromatic rings. The van der Waals surface area contributed by atoms with E-state index in [0.29, 0.717) is 5.88 Å². The molecule has 0 aliphatic rings. The highest BCUT2D eigenvalue weighted by molar-refractivity contribution is 9.10. The fourth-order valence-corrected chi connectivity index (χ4v) is 1.90. The highest BCUT2D eigenvalue weighted by Crippen LogP contribution is 2.16. The lowest BCUT2D eigenvalue weighted by Crippen LogP contribution is -2.13. The number of alkyl halides is 2. The number of carbonyl (C=O) groups is 1. The van der Waals surface area contributed by atoms with E-state index in [9.17, 15) is 4.79 Å². The summed E-state index contributed by atoms with van der Waals surface area (Å²) >= 11 is 10.1. The van der Waals surface area contributed by atoms with Crippen LogP contribution < -0.4 is 0 Å². The maximum absolute atomic E-state index is 11.3. The van der Waals surface area contributed by atoms with Crippen LogP contribution in [0.1, 0.15) is 9.67 Å². The lowest BCUT2D eigenvalue weighted by molar-refractivity contribution is 0.100. The Morgan fingerprint density at radius 3 is 3.00 bits per heavy atom. The van der Waals surface area contributed by atoms with Crippen molar-refractivity contribution in [1.82, 2.24) is 0 Å². The monoisotopic (exact) mass is 252 g/mol. The van der Waals surface area contributed by atoms with Crippen LogP contribution in [0.4, 0.5) is 0 Å². The van der Waals surface area contributed by atoms with Crippen LogP contribution in [0.15, 0.2) is 17.5 Å².